The van der Waals surface area contributed by atoms with Gasteiger partial charge in [-0.15, -0.1) is 10.2 Å². The largest absolute Gasteiger partial charge is 0.495 e. The molecule has 0 aliphatic heterocycles. The number of aromatic nitrogens is 4. The van der Waals surface area contributed by atoms with Crippen molar-refractivity contribution < 1.29 is 9.53 Å². The number of halogens is 2. The molecule has 158 valence electrons. The molecule has 0 spiro atoms. The van der Waals surface area contributed by atoms with Gasteiger partial charge in [-0.3, -0.25) is 4.79 Å². The number of rotatable bonds is 6. The second kappa shape index (κ2) is 9.05. The van der Waals surface area contributed by atoms with E-state index in [9.17, 15) is 4.79 Å². The van der Waals surface area contributed by atoms with Crippen molar-refractivity contribution in [2.75, 3.05) is 12.4 Å². The van der Waals surface area contributed by atoms with Gasteiger partial charge in [0, 0.05) is 34.3 Å². The molecule has 0 radical (unpaired) electrons. The van der Waals surface area contributed by atoms with E-state index in [2.05, 4.69) is 20.6 Å². The third kappa shape index (κ3) is 4.56. The summed E-state index contributed by atoms with van der Waals surface area (Å²) in [6.45, 7) is 2.01. The number of aryl methyl sites for hydroxylation is 1. The summed E-state index contributed by atoms with van der Waals surface area (Å²) in [5.74, 6) is 0.956. The van der Waals surface area contributed by atoms with Crippen LogP contribution >= 0.6 is 34.5 Å². The quantitative estimate of drug-likeness (QED) is 0.380. The van der Waals surface area contributed by atoms with Crippen LogP contribution in [0.5, 0.6) is 5.75 Å². The maximum Gasteiger partial charge on any atom is 0.248 e. The van der Waals surface area contributed by atoms with Crippen LogP contribution < -0.4 is 10.1 Å². The number of nitrogens with one attached hydrogen (secondary N) is 1. The Hall–Kier alpha value is -2.94. The van der Waals surface area contributed by atoms with Crippen molar-refractivity contribution in [3.8, 4) is 16.3 Å². The minimum Gasteiger partial charge on any atom is -0.495 e. The van der Waals surface area contributed by atoms with E-state index in [0.29, 0.717) is 27.0 Å². The molecule has 10 heteroatoms. The summed E-state index contributed by atoms with van der Waals surface area (Å²) in [6.07, 6.45) is 3.74. The summed E-state index contributed by atoms with van der Waals surface area (Å²) in [6, 6.07) is 10.7. The Morgan fingerprint density at radius 2 is 2.10 bits per heavy atom. The summed E-state index contributed by atoms with van der Waals surface area (Å²) in [5, 5.41) is 17.3. The van der Waals surface area contributed by atoms with Crippen molar-refractivity contribution in [2.24, 2.45) is 0 Å². The molecule has 0 saturated heterocycles. The zero-order valence-electron chi connectivity index (χ0n) is 16.6. The van der Waals surface area contributed by atoms with Gasteiger partial charge in [0.15, 0.2) is 5.82 Å². The predicted octanol–water partition coefficient (Wildman–Crippen LogP) is 5.38. The lowest BCUT2D eigenvalue weighted by molar-refractivity contribution is -0.111. The molecular formula is C21H17Cl2N5O2S. The van der Waals surface area contributed by atoms with Crippen LogP contribution in [0.25, 0.3) is 21.6 Å². The van der Waals surface area contributed by atoms with Crippen molar-refractivity contribution in [1.29, 1.82) is 0 Å². The van der Waals surface area contributed by atoms with Gasteiger partial charge in [0.1, 0.15) is 10.8 Å². The Balaban J connectivity index is 1.53. The number of hydrogen-bond acceptors (Lipinski definition) is 6. The van der Waals surface area contributed by atoms with E-state index in [0.717, 1.165) is 27.8 Å². The number of fused-ring (bicyclic) bond motifs is 1. The van der Waals surface area contributed by atoms with Crippen LogP contribution in [-0.2, 0) is 11.2 Å². The molecule has 1 N–H and O–H groups in total. The molecule has 0 fully saturated rings. The minimum atomic E-state index is -0.304. The molecular weight excluding hydrogens is 457 g/mol. The monoisotopic (exact) mass is 473 g/mol. The van der Waals surface area contributed by atoms with E-state index in [1.807, 2.05) is 31.2 Å². The van der Waals surface area contributed by atoms with E-state index >= 15 is 0 Å². The molecule has 1 amide bonds. The number of hydrogen-bond donors (Lipinski definition) is 1. The van der Waals surface area contributed by atoms with Crippen LogP contribution in [0.2, 0.25) is 10.0 Å². The maximum atomic E-state index is 12.4. The molecule has 2 aromatic carbocycles. The first kappa shape index (κ1) is 21.3. The fraction of sp³-hybridized carbons (Fsp3) is 0.143. The van der Waals surface area contributed by atoms with E-state index in [1.54, 1.807) is 22.7 Å². The van der Waals surface area contributed by atoms with Gasteiger partial charge in [-0.25, -0.2) is 0 Å². The minimum absolute atomic E-state index is 0.304. The molecule has 31 heavy (non-hydrogen) atoms. The Labute approximate surface area is 192 Å². The number of anilines is 1. The average molecular weight is 474 g/mol. The normalized spacial score (nSPS) is 11.4. The smallest absolute Gasteiger partial charge is 0.248 e. The van der Waals surface area contributed by atoms with Gasteiger partial charge < -0.3 is 10.1 Å². The second-order valence-corrected chi connectivity index (χ2v) is 8.28. The molecule has 0 bridgehead atoms. The van der Waals surface area contributed by atoms with Crippen molar-refractivity contribution in [1.82, 2.24) is 19.8 Å². The maximum absolute atomic E-state index is 12.4. The summed E-state index contributed by atoms with van der Waals surface area (Å²) in [4.78, 5) is 13.2. The number of carbonyl (C=O) groups is 1. The van der Waals surface area contributed by atoms with Crippen LogP contribution in [0.3, 0.4) is 0 Å². The van der Waals surface area contributed by atoms with Gasteiger partial charge in [-0.1, -0.05) is 53.6 Å². The van der Waals surface area contributed by atoms with Gasteiger partial charge in [0.05, 0.1) is 12.1 Å². The topological polar surface area (TPSA) is 81.4 Å². The van der Waals surface area contributed by atoms with Crippen molar-refractivity contribution in [3.63, 3.8) is 0 Å². The van der Waals surface area contributed by atoms with Crippen LogP contribution in [-0.4, -0.2) is 32.8 Å². The average Bonchev–Trinajstić information content (AvgIpc) is 3.33. The fourth-order valence-electron chi connectivity index (χ4n) is 2.99. The molecule has 4 aromatic rings. The third-order valence-corrected chi connectivity index (χ3v) is 5.85. The SMILES string of the molecule is CCc1nnc2sc(-c3cccc(NC(=O)/C=C/c4cc(Cl)cc(Cl)c4OC)c3)nn12. The number of amides is 1. The number of benzene rings is 2. The van der Waals surface area contributed by atoms with Gasteiger partial charge in [-0.2, -0.15) is 9.61 Å². The highest BCUT2D eigenvalue weighted by atomic mass is 35.5. The number of methoxy groups -OCH3 is 1. The molecule has 2 heterocycles. The van der Waals surface area contributed by atoms with E-state index in [1.165, 1.54) is 24.5 Å². The highest BCUT2D eigenvalue weighted by molar-refractivity contribution is 7.19. The molecule has 4 rings (SSSR count). The van der Waals surface area contributed by atoms with Crippen LogP contribution in [0.4, 0.5) is 5.69 Å². The molecule has 2 aromatic heterocycles. The first-order valence-electron chi connectivity index (χ1n) is 9.32. The zero-order valence-corrected chi connectivity index (χ0v) is 18.9. The summed E-state index contributed by atoms with van der Waals surface area (Å²) in [7, 11) is 1.51. The summed E-state index contributed by atoms with van der Waals surface area (Å²) >= 11 is 13.6. The van der Waals surface area contributed by atoms with Crippen molar-refractivity contribution in [3.05, 3.63) is 63.9 Å². The molecule has 0 unspecified atom stereocenters. The lowest BCUT2D eigenvalue weighted by atomic mass is 10.1. The van der Waals surface area contributed by atoms with Gasteiger partial charge in [0.25, 0.3) is 0 Å². The predicted molar refractivity (Wildman–Crippen MR) is 124 cm³/mol. The molecule has 0 atom stereocenters. The third-order valence-electron chi connectivity index (χ3n) is 4.40. The standard InChI is InChI=1S/C21H17Cl2N5O2S/c1-3-17-25-26-21-28(17)27-20(31-21)13-5-4-6-15(10-13)24-18(29)8-7-12-9-14(22)11-16(23)19(12)30-2/h4-11H,3H2,1-2H3,(H,24,29)/b8-7+. The Morgan fingerprint density at radius 3 is 2.87 bits per heavy atom. The molecule has 0 saturated carbocycles. The second-order valence-electron chi connectivity index (χ2n) is 6.48. The van der Waals surface area contributed by atoms with Gasteiger partial charge in [0.2, 0.25) is 10.9 Å². The molecule has 0 aliphatic rings. The van der Waals surface area contributed by atoms with E-state index < -0.39 is 0 Å². The summed E-state index contributed by atoms with van der Waals surface area (Å²) < 4.78 is 7.04. The Kier molecular flexibility index (Phi) is 6.22. The van der Waals surface area contributed by atoms with Gasteiger partial charge in [-0.05, 0) is 30.3 Å². The van der Waals surface area contributed by atoms with Crippen LogP contribution in [0, 0.1) is 0 Å². The van der Waals surface area contributed by atoms with E-state index in [4.69, 9.17) is 27.9 Å². The first-order chi connectivity index (χ1) is 15.0. The number of carbonyl (C=O) groups excluding carboxylic acids is 1. The lowest BCUT2D eigenvalue weighted by Gasteiger charge is -2.08. The zero-order chi connectivity index (χ0) is 22.0. The van der Waals surface area contributed by atoms with E-state index in [-0.39, 0.29) is 5.91 Å². The first-order valence-corrected chi connectivity index (χ1v) is 10.9. The fourth-order valence-corrected chi connectivity index (χ4v) is 4.43. The van der Waals surface area contributed by atoms with Crippen molar-refractivity contribution >= 4 is 57.2 Å². The Bertz CT molecular complexity index is 1300. The molecule has 0 aliphatic carbocycles. The molecule has 7 nitrogen and oxygen atoms in total. The highest BCUT2D eigenvalue weighted by Crippen LogP contribution is 2.33. The van der Waals surface area contributed by atoms with Crippen molar-refractivity contribution in [2.45, 2.75) is 13.3 Å². The highest BCUT2D eigenvalue weighted by Gasteiger charge is 2.12. The lowest BCUT2D eigenvalue weighted by Crippen LogP contribution is -2.07. The van der Waals surface area contributed by atoms with Gasteiger partial charge >= 0.3 is 0 Å². The Morgan fingerprint density at radius 1 is 1.26 bits per heavy atom. The van der Waals surface area contributed by atoms with Crippen LogP contribution in [0.15, 0.2) is 42.5 Å². The van der Waals surface area contributed by atoms with Crippen LogP contribution in [0.1, 0.15) is 18.3 Å². The number of ether oxygens (including phenoxy) is 1. The summed E-state index contributed by atoms with van der Waals surface area (Å²) in [5.41, 5.74) is 2.13. The number of nitrogens with zero attached hydrogens (tertiary/aromatic N) is 4.